The molecule has 0 radical (unpaired) electrons. The SMILES string of the molecule is Cc1ccc([C@@H]2C[C@@H](Sc3ccc(Cl)cc3)[C@H](C(=O)O)CN2S(=O)(=O)c2ccccc2)cc1. The molecule has 1 heterocycles. The number of aryl methyl sites for hydroxylation is 1. The summed E-state index contributed by atoms with van der Waals surface area (Å²) in [6, 6.07) is 22.7. The van der Waals surface area contributed by atoms with Gasteiger partial charge in [0.2, 0.25) is 10.0 Å². The van der Waals surface area contributed by atoms with E-state index < -0.39 is 28.0 Å². The maximum absolute atomic E-state index is 13.6. The molecule has 1 saturated heterocycles. The van der Waals surface area contributed by atoms with E-state index in [9.17, 15) is 18.3 Å². The average Bonchev–Trinajstić information content (AvgIpc) is 2.81. The van der Waals surface area contributed by atoms with Crippen LogP contribution in [0.4, 0.5) is 0 Å². The standard InChI is InChI=1S/C25H24ClNO4S2/c1-17-7-9-18(10-8-17)23-15-24(32-20-13-11-19(26)12-14-20)22(25(28)29)16-27(23)33(30,31)21-5-3-2-4-6-21/h2-14,22-24H,15-16H2,1H3,(H,28,29)/t22-,23+,24-/m1/s1. The topological polar surface area (TPSA) is 74.7 Å². The Bertz CT molecular complexity index is 1220. The lowest BCUT2D eigenvalue weighted by molar-refractivity contribution is -0.143. The van der Waals surface area contributed by atoms with Gasteiger partial charge in [-0.05, 0) is 55.3 Å². The number of sulfonamides is 1. The molecule has 33 heavy (non-hydrogen) atoms. The van der Waals surface area contributed by atoms with E-state index in [0.717, 1.165) is 16.0 Å². The van der Waals surface area contributed by atoms with Crippen molar-refractivity contribution in [1.29, 1.82) is 0 Å². The molecule has 3 aromatic rings. The Hall–Kier alpha value is -2.32. The Morgan fingerprint density at radius 2 is 1.64 bits per heavy atom. The third-order valence-corrected chi connectivity index (χ3v) is 9.37. The summed E-state index contributed by atoms with van der Waals surface area (Å²) in [5.41, 5.74) is 1.92. The van der Waals surface area contributed by atoms with Gasteiger partial charge in [0, 0.05) is 21.7 Å². The highest BCUT2D eigenvalue weighted by molar-refractivity contribution is 8.00. The number of carboxylic acids is 1. The maximum atomic E-state index is 13.6. The smallest absolute Gasteiger partial charge is 0.308 e. The van der Waals surface area contributed by atoms with Crippen LogP contribution in [0.15, 0.2) is 88.7 Å². The summed E-state index contributed by atoms with van der Waals surface area (Å²) in [5.74, 6) is -1.86. The number of aliphatic carboxylic acids is 1. The van der Waals surface area contributed by atoms with E-state index in [1.165, 1.54) is 16.1 Å². The third kappa shape index (κ3) is 5.27. The van der Waals surface area contributed by atoms with E-state index in [1.807, 2.05) is 43.3 Å². The first-order valence-electron chi connectivity index (χ1n) is 10.5. The van der Waals surface area contributed by atoms with Gasteiger partial charge < -0.3 is 5.11 Å². The van der Waals surface area contributed by atoms with Crippen molar-refractivity contribution in [2.75, 3.05) is 6.54 Å². The molecule has 0 saturated carbocycles. The molecule has 0 bridgehead atoms. The van der Waals surface area contributed by atoms with Crippen LogP contribution in [0.2, 0.25) is 5.02 Å². The lowest BCUT2D eigenvalue weighted by Gasteiger charge is -2.41. The molecule has 1 aliphatic rings. The van der Waals surface area contributed by atoms with Gasteiger partial charge in [-0.3, -0.25) is 4.79 Å². The molecule has 0 amide bonds. The van der Waals surface area contributed by atoms with Gasteiger partial charge in [-0.15, -0.1) is 11.8 Å². The van der Waals surface area contributed by atoms with Crippen LogP contribution in [0.3, 0.4) is 0 Å². The van der Waals surface area contributed by atoms with Crippen molar-refractivity contribution in [2.24, 2.45) is 5.92 Å². The second-order valence-electron chi connectivity index (χ2n) is 8.10. The lowest BCUT2D eigenvalue weighted by atomic mass is 9.90. The second-order valence-corrected chi connectivity index (χ2v) is 11.7. The first kappa shape index (κ1) is 23.8. The number of hydrogen-bond donors (Lipinski definition) is 1. The number of piperidine rings is 1. The summed E-state index contributed by atoms with van der Waals surface area (Å²) >= 11 is 7.46. The number of rotatable bonds is 6. The maximum Gasteiger partial charge on any atom is 0.308 e. The van der Waals surface area contributed by atoms with Crippen LogP contribution in [0.5, 0.6) is 0 Å². The number of carbonyl (C=O) groups is 1. The highest BCUT2D eigenvalue weighted by atomic mass is 35.5. The van der Waals surface area contributed by atoms with Crippen molar-refractivity contribution in [1.82, 2.24) is 4.31 Å². The first-order chi connectivity index (χ1) is 15.8. The van der Waals surface area contributed by atoms with E-state index in [2.05, 4.69) is 0 Å². The van der Waals surface area contributed by atoms with Crippen LogP contribution in [-0.2, 0) is 14.8 Å². The molecule has 3 aromatic carbocycles. The Morgan fingerprint density at radius 3 is 2.24 bits per heavy atom. The predicted octanol–water partition coefficient (Wildman–Crippen LogP) is 5.65. The highest BCUT2D eigenvalue weighted by Gasteiger charge is 2.45. The van der Waals surface area contributed by atoms with Crippen molar-refractivity contribution in [3.63, 3.8) is 0 Å². The summed E-state index contributed by atoms with van der Waals surface area (Å²) < 4.78 is 28.6. The molecule has 0 aromatic heterocycles. The zero-order valence-electron chi connectivity index (χ0n) is 18.0. The summed E-state index contributed by atoms with van der Waals surface area (Å²) in [7, 11) is -3.89. The average molecular weight is 502 g/mol. The summed E-state index contributed by atoms with van der Waals surface area (Å²) in [5, 5.41) is 10.3. The van der Waals surface area contributed by atoms with Gasteiger partial charge in [-0.25, -0.2) is 8.42 Å². The number of carboxylic acid groups (broad SMARTS) is 1. The van der Waals surface area contributed by atoms with Gasteiger partial charge in [-0.2, -0.15) is 4.31 Å². The fourth-order valence-electron chi connectivity index (χ4n) is 4.08. The minimum absolute atomic E-state index is 0.101. The number of halogens is 1. The largest absolute Gasteiger partial charge is 0.481 e. The van der Waals surface area contributed by atoms with Gasteiger partial charge in [0.05, 0.1) is 16.9 Å². The van der Waals surface area contributed by atoms with Gasteiger partial charge in [0.25, 0.3) is 0 Å². The third-order valence-electron chi connectivity index (χ3n) is 5.86. The van der Waals surface area contributed by atoms with Crippen LogP contribution in [0.25, 0.3) is 0 Å². The minimum atomic E-state index is -3.89. The second kappa shape index (κ2) is 9.89. The Labute approximate surface area is 203 Å². The van der Waals surface area contributed by atoms with Gasteiger partial charge in [0.15, 0.2) is 0 Å². The molecule has 172 valence electrons. The van der Waals surface area contributed by atoms with Crippen molar-refractivity contribution < 1.29 is 18.3 Å². The minimum Gasteiger partial charge on any atom is -0.481 e. The lowest BCUT2D eigenvalue weighted by Crippen LogP contribution is -2.49. The number of nitrogens with zero attached hydrogens (tertiary/aromatic N) is 1. The van der Waals surface area contributed by atoms with Crippen molar-refractivity contribution in [3.8, 4) is 0 Å². The van der Waals surface area contributed by atoms with Crippen LogP contribution in [-0.4, -0.2) is 35.6 Å². The molecule has 1 N–H and O–H groups in total. The van der Waals surface area contributed by atoms with Crippen molar-refractivity contribution >= 4 is 39.4 Å². The van der Waals surface area contributed by atoms with Crippen LogP contribution < -0.4 is 0 Å². The van der Waals surface area contributed by atoms with Gasteiger partial charge in [-0.1, -0.05) is 59.6 Å². The van der Waals surface area contributed by atoms with Crippen molar-refractivity contribution in [3.05, 3.63) is 95.0 Å². The Morgan fingerprint density at radius 1 is 1.00 bits per heavy atom. The zero-order valence-corrected chi connectivity index (χ0v) is 20.4. The van der Waals surface area contributed by atoms with E-state index in [0.29, 0.717) is 11.4 Å². The summed E-state index contributed by atoms with van der Waals surface area (Å²) in [6.45, 7) is 1.87. The first-order valence-corrected chi connectivity index (χ1v) is 13.2. The van der Waals surface area contributed by atoms with Crippen LogP contribution >= 0.6 is 23.4 Å². The molecular formula is C25H24ClNO4S2. The predicted molar refractivity (Wildman–Crippen MR) is 131 cm³/mol. The van der Waals surface area contributed by atoms with Gasteiger partial charge in [0.1, 0.15) is 0 Å². The molecular weight excluding hydrogens is 478 g/mol. The van der Waals surface area contributed by atoms with Crippen LogP contribution in [0.1, 0.15) is 23.6 Å². The van der Waals surface area contributed by atoms with Crippen LogP contribution in [0, 0.1) is 12.8 Å². The van der Waals surface area contributed by atoms with E-state index in [-0.39, 0.29) is 16.7 Å². The molecule has 4 rings (SSSR count). The quantitative estimate of drug-likeness (QED) is 0.472. The molecule has 8 heteroatoms. The van der Waals surface area contributed by atoms with Gasteiger partial charge >= 0.3 is 5.97 Å². The van der Waals surface area contributed by atoms with E-state index >= 15 is 0 Å². The molecule has 0 unspecified atom stereocenters. The molecule has 0 spiro atoms. The van der Waals surface area contributed by atoms with E-state index in [1.54, 1.807) is 42.5 Å². The molecule has 1 fully saturated rings. The normalized spacial score (nSPS) is 21.6. The van der Waals surface area contributed by atoms with Crippen molar-refractivity contribution in [2.45, 2.75) is 34.4 Å². The highest BCUT2D eigenvalue weighted by Crippen LogP contribution is 2.44. The summed E-state index contributed by atoms with van der Waals surface area (Å²) in [4.78, 5) is 13.3. The molecule has 0 aliphatic carbocycles. The monoisotopic (exact) mass is 501 g/mol. The number of benzene rings is 3. The Kier molecular flexibility index (Phi) is 7.14. The van der Waals surface area contributed by atoms with E-state index in [4.69, 9.17) is 11.6 Å². The summed E-state index contributed by atoms with van der Waals surface area (Å²) in [6.07, 6.45) is 0.374. The number of hydrogen-bond acceptors (Lipinski definition) is 4. The fourth-order valence-corrected chi connectivity index (χ4v) is 7.17. The zero-order chi connectivity index (χ0) is 23.6. The Balaban J connectivity index is 1.74. The molecule has 5 nitrogen and oxygen atoms in total. The molecule has 3 atom stereocenters. The number of thioether (sulfide) groups is 1. The molecule has 1 aliphatic heterocycles. The fraction of sp³-hybridized carbons (Fsp3) is 0.240.